The number of thioether (sulfide) groups is 1. The molecule has 1 saturated carbocycles. The summed E-state index contributed by atoms with van der Waals surface area (Å²) in [6.45, 7) is 2.52. The monoisotopic (exact) mass is 380 g/mol. The lowest BCUT2D eigenvalue weighted by atomic mass is 10.1. The number of aryl methyl sites for hydroxylation is 2. The van der Waals surface area contributed by atoms with Crippen LogP contribution in [0.2, 0.25) is 0 Å². The van der Waals surface area contributed by atoms with Gasteiger partial charge in [0.05, 0.1) is 16.6 Å². The molecule has 2 heterocycles. The predicted molar refractivity (Wildman–Crippen MR) is 109 cm³/mol. The number of amides is 1. The summed E-state index contributed by atoms with van der Waals surface area (Å²) in [5.41, 5.74) is 4.52. The molecule has 0 unspecified atom stereocenters. The minimum Gasteiger partial charge on any atom is -0.337 e. The fourth-order valence-electron chi connectivity index (χ4n) is 3.50. The Labute approximate surface area is 163 Å². The van der Waals surface area contributed by atoms with Gasteiger partial charge in [0.25, 0.3) is 5.91 Å². The Morgan fingerprint density at radius 1 is 1.30 bits per heavy atom. The molecule has 1 amide bonds. The molecule has 1 aromatic carbocycles. The Morgan fingerprint density at radius 3 is 2.63 bits per heavy atom. The van der Waals surface area contributed by atoms with Crippen LogP contribution in [0.25, 0.3) is 11.0 Å². The van der Waals surface area contributed by atoms with Crippen molar-refractivity contribution in [2.24, 2.45) is 7.05 Å². The van der Waals surface area contributed by atoms with Crippen LogP contribution >= 0.6 is 11.8 Å². The van der Waals surface area contributed by atoms with Crippen LogP contribution in [0, 0.1) is 6.92 Å². The number of fused-ring (bicyclic) bond motifs is 1. The molecule has 5 nitrogen and oxygen atoms in total. The van der Waals surface area contributed by atoms with Crippen molar-refractivity contribution in [1.29, 1.82) is 0 Å². The van der Waals surface area contributed by atoms with E-state index >= 15 is 0 Å². The molecule has 140 valence electrons. The normalized spacial score (nSPS) is 13.9. The minimum atomic E-state index is 0.0225. The van der Waals surface area contributed by atoms with Crippen molar-refractivity contribution >= 4 is 28.7 Å². The van der Waals surface area contributed by atoms with E-state index in [0.717, 1.165) is 46.4 Å². The van der Waals surface area contributed by atoms with Crippen LogP contribution in [-0.4, -0.2) is 38.9 Å². The lowest BCUT2D eigenvalue weighted by Crippen LogP contribution is -2.26. The Balaban J connectivity index is 1.68. The number of hydrogen-bond donors (Lipinski definition) is 0. The number of rotatable bonds is 5. The van der Waals surface area contributed by atoms with Crippen molar-refractivity contribution in [3.63, 3.8) is 0 Å². The van der Waals surface area contributed by atoms with Gasteiger partial charge in [-0.2, -0.15) is 5.10 Å². The molecule has 27 heavy (non-hydrogen) atoms. The molecule has 0 bridgehead atoms. The minimum absolute atomic E-state index is 0.0225. The number of nitrogens with zero attached hydrogens (tertiary/aromatic N) is 4. The maximum absolute atomic E-state index is 13.3. The summed E-state index contributed by atoms with van der Waals surface area (Å²) in [6, 6.07) is 10.4. The third-order valence-corrected chi connectivity index (χ3v) is 5.88. The molecule has 0 saturated heterocycles. The number of aromatic nitrogens is 3. The van der Waals surface area contributed by atoms with Crippen molar-refractivity contribution in [2.75, 3.05) is 13.3 Å². The van der Waals surface area contributed by atoms with Gasteiger partial charge >= 0.3 is 0 Å². The molecule has 0 N–H and O–H groups in total. The number of hydrogen-bond acceptors (Lipinski definition) is 4. The zero-order valence-corrected chi connectivity index (χ0v) is 17.0. The Morgan fingerprint density at radius 2 is 2.00 bits per heavy atom. The van der Waals surface area contributed by atoms with E-state index in [1.165, 1.54) is 4.90 Å². The summed E-state index contributed by atoms with van der Waals surface area (Å²) in [6.07, 6.45) is 4.37. The Kier molecular flexibility index (Phi) is 4.68. The van der Waals surface area contributed by atoms with E-state index in [1.807, 2.05) is 27.1 Å². The maximum Gasteiger partial charge on any atom is 0.254 e. The van der Waals surface area contributed by atoms with E-state index < -0.39 is 0 Å². The fraction of sp³-hybridized carbons (Fsp3) is 0.381. The lowest BCUT2D eigenvalue weighted by molar-refractivity contribution is 0.0787. The summed E-state index contributed by atoms with van der Waals surface area (Å²) in [5.74, 6) is 0.509. The zero-order valence-electron chi connectivity index (χ0n) is 16.2. The molecular formula is C21H24N4OS. The van der Waals surface area contributed by atoms with E-state index in [2.05, 4.69) is 35.6 Å². The average Bonchev–Trinajstić information content (AvgIpc) is 3.48. The second kappa shape index (κ2) is 7.00. The fourth-order valence-corrected chi connectivity index (χ4v) is 3.91. The Bertz CT molecular complexity index is 1010. The third kappa shape index (κ3) is 3.46. The van der Waals surface area contributed by atoms with Gasteiger partial charge in [-0.25, -0.2) is 4.98 Å². The van der Waals surface area contributed by atoms with E-state index in [4.69, 9.17) is 4.98 Å². The van der Waals surface area contributed by atoms with Gasteiger partial charge in [-0.3, -0.25) is 9.48 Å². The SMILES string of the molecule is CSc1ccc(CN(C)C(=O)c2cc(C3CC3)nc3c2c(C)nn3C)cc1. The first-order valence-electron chi connectivity index (χ1n) is 9.20. The average molecular weight is 381 g/mol. The first-order chi connectivity index (χ1) is 13.0. The smallest absolute Gasteiger partial charge is 0.254 e. The summed E-state index contributed by atoms with van der Waals surface area (Å²) in [5, 5.41) is 5.37. The first kappa shape index (κ1) is 18.0. The molecule has 1 aliphatic rings. The second-order valence-electron chi connectivity index (χ2n) is 7.29. The standard InChI is InChI=1S/C21H24N4OS/c1-13-19-17(11-18(15-7-8-15)22-20(19)25(3)23-13)21(26)24(2)12-14-5-9-16(27-4)10-6-14/h5-6,9-11,15H,7-8,12H2,1-4H3. The van der Waals surface area contributed by atoms with E-state index in [1.54, 1.807) is 21.3 Å². The van der Waals surface area contributed by atoms with E-state index in [9.17, 15) is 4.79 Å². The van der Waals surface area contributed by atoms with Crippen molar-refractivity contribution < 1.29 is 4.79 Å². The van der Waals surface area contributed by atoms with Gasteiger partial charge in [-0.1, -0.05) is 12.1 Å². The van der Waals surface area contributed by atoms with Crippen molar-refractivity contribution in [2.45, 2.75) is 37.1 Å². The van der Waals surface area contributed by atoms with Crippen LogP contribution in [0.4, 0.5) is 0 Å². The molecule has 0 aliphatic heterocycles. The quantitative estimate of drug-likeness (QED) is 0.624. The van der Waals surface area contributed by atoms with Crippen LogP contribution in [-0.2, 0) is 13.6 Å². The van der Waals surface area contributed by atoms with Crippen LogP contribution < -0.4 is 0 Å². The van der Waals surface area contributed by atoms with E-state index in [-0.39, 0.29) is 5.91 Å². The Hall–Kier alpha value is -2.34. The molecule has 0 radical (unpaired) electrons. The summed E-state index contributed by atoms with van der Waals surface area (Å²) < 4.78 is 1.79. The van der Waals surface area contributed by atoms with Gasteiger partial charge in [0.1, 0.15) is 0 Å². The maximum atomic E-state index is 13.3. The lowest BCUT2D eigenvalue weighted by Gasteiger charge is -2.19. The summed E-state index contributed by atoms with van der Waals surface area (Å²) >= 11 is 1.72. The number of benzene rings is 1. The zero-order chi connectivity index (χ0) is 19.1. The molecule has 2 aromatic heterocycles. The highest BCUT2D eigenvalue weighted by Gasteiger charge is 2.29. The van der Waals surface area contributed by atoms with Gasteiger partial charge in [0, 0.05) is 37.1 Å². The largest absolute Gasteiger partial charge is 0.337 e. The predicted octanol–water partition coefficient (Wildman–Crippen LogP) is 4.15. The van der Waals surface area contributed by atoms with Gasteiger partial charge in [-0.15, -0.1) is 11.8 Å². The van der Waals surface area contributed by atoms with Gasteiger partial charge in [-0.05, 0) is 49.8 Å². The molecule has 0 atom stereocenters. The van der Waals surface area contributed by atoms with Gasteiger partial charge in [0.2, 0.25) is 0 Å². The van der Waals surface area contributed by atoms with Crippen LogP contribution in [0.15, 0.2) is 35.2 Å². The van der Waals surface area contributed by atoms with Gasteiger partial charge in [0.15, 0.2) is 5.65 Å². The highest BCUT2D eigenvalue weighted by Crippen LogP contribution is 2.40. The van der Waals surface area contributed by atoms with Gasteiger partial charge < -0.3 is 4.90 Å². The number of carbonyl (C=O) groups is 1. The number of pyridine rings is 1. The van der Waals surface area contributed by atoms with Crippen LogP contribution in [0.3, 0.4) is 0 Å². The topological polar surface area (TPSA) is 51.0 Å². The van der Waals surface area contributed by atoms with E-state index in [0.29, 0.717) is 12.5 Å². The number of carbonyl (C=O) groups excluding carboxylic acids is 1. The molecule has 6 heteroatoms. The summed E-state index contributed by atoms with van der Waals surface area (Å²) in [4.78, 5) is 21.1. The van der Waals surface area contributed by atoms with Crippen LogP contribution in [0.5, 0.6) is 0 Å². The highest BCUT2D eigenvalue weighted by molar-refractivity contribution is 7.98. The molecule has 1 fully saturated rings. The third-order valence-electron chi connectivity index (χ3n) is 5.14. The van der Waals surface area contributed by atoms with Crippen LogP contribution in [0.1, 0.15) is 46.1 Å². The van der Waals surface area contributed by atoms with Crippen molar-refractivity contribution in [3.8, 4) is 0 Å². The second-order valence-corrected chi connectivity index (χ2v) is 8.17. The molecule has 0 spiro atoms. The first-order valence-corrected chi connectivity index (χ1v) is 10.4. The highest BCUT2D eigenvalue weighted by atomic mass is 32.2. The molecule has 4 rings (SSSR count). The summed E-state index contributed by atoms with van der Waals surface area (Å²) in [7, 11) is 3.75. The molecule has 3 aromatic rings. The van der Waals surface area contributed by atoms with Crippen molar-refractivity contribution in [1.82, 2.24) is 19.7 Å². The molecular weight excluding hydrogens is 356 g/mol. The molecule has 1 aliphatic carbocycles. The van der Waals surface area contributed by atoms with Crippen molar-refractivity contribution in [3.05, 3.63) is 52.8 Å².